The summed E-state index contributed by atoms with van der Waals surface area (Å²) in [6.45, 7) is 7.54. The van der Waals surface area contributed by atoms with E-state index in [1.54, 1.807) is 17.2 Å². The third kappa shape index (κ3) is 6.31. The van der Waals surface area contributed by atoms with Crippen LogP contribution in [0.3, 0.4) is 0 Å². The molecule has 47 heavy (non-hydrogen) atoms. The van der Waals surface area contributed by atoms with Crippen molar-refractivity contribution in [1.82, 2.24) is 14.8 Å². The lowest BCUT2D eigenvalue weighted by atomic mass is 9.67. The van der Waals surface area contributed by atoms with Crippen LogP contribution in [-0.2, 0) is 20.9 Å². The summed E-state index contributed by atoms with van der Waals surface area (Å²) >= 11 is 0. The average molecular weight is 632 g/mol. The first-order valence-electron chi connectivity index (χ1n) is 17.3. The molecule has 0 spiro atoms. The molecule has 0 unspecified atom stereocenters. The number of para-hydroxylation sites is 1. The minimum absolute atomic E-state index is 0.0182. The fourth-order valence-corrected chi connectivity index (χ4v) is 8.43. The van der Waals surface area contributed by atoms with Crippen molar-refractivity contribution in [1.29, 1.82) is 0 Å². The van der Waals surface area contributed by atoms with Crippen LogP contribution in [0.1, 0.15) is 62.8 Å². The number of aromatic nitrogens is 1. The van der Waals surface area contributed by atoms with Gasteiger partial charge in [0.05, 0.1) is 30.2 Å². The number of amides is 2. The molecule has 3 aliphatic heterocycles. The Morgan fingerprint density at radius 2 is 1.70 bits per heavy atom. The summed E-state index contributed by atoms with van der Waals surface area (Å²) in [6, 6.07) is 23.7. The molecule has 0 bridgehead atoms. The third-order valence-electron chi connectivity index (χ3n) is 10.8. The van der Waals surface area contributed by atoms with E-state index in [4.69, 9.17) is 4.74 Å². The minimum atomic E-state index is -0.334. The van der Waals surface area contributed by atoms with Gasteiger partial charge in [-0.15, -0.1) is 0 Å². The number of imide groups is 1. The second kappa shape index (κ2) is 13.6. The molecule has 7 nitrogen and oxygen atoms in total. The molecular formula is C40H45N3O4. The maximum Gasteiger partial charge on any atom is 0.234 e. The number of hydrogen-bond donors (Lipinski definition) is 1. The van der Waals surface area contributed by atoms with Crippen molar-refractivity contribution in [2.75, 3.05) is 19.7 Å². The zero-order valence-corrected chi connectivity index (χ0v) is 27.4. The van der Waals surface area contributed by atoms with Crippen LogP contribution in [0.25, 0.3) is 11.6 Å². The van der Waals surface area contributed by atoms with Gasteiger partial charge in [-0.25, -0.2) is 0 Å². The van der Waals surface area contributed by atoms with Gasteiger partial charge in [0.25, 0.3) is 0 Å². The predicted octanol–water partition coefficient (Wildman–Crippen LogP) is 6.75. The Balaban J connectivity index is 1.08. The number of phenolic OH excluding ortho intramolecular Hbond substituents is 1. The van der Waals surface area contributed by atoms with Gasteiger partial charge in [0.1, 0.15) is 5.75 Å². The minimum Gasteiger partial charge on any atom is -0.507 e. The van der Waals surface area contributed by atoms with Gasteiger partial charge < -0.3 is 9.84 Å². The quantitative estimate of drug-likeness (QED) is 0.208. The van der Waals surface area contributed by atoms with Gasteiger partial charge in [0, 0.05) is 43.4 Å². The predicted molar refractivity (Wildman–Crippen MR) is 183 cm³/mol. The van der Waals surface area contributed by atoms with Crippen LogP contribution in [0, 0.1) is 23.7 Å². The summed E-state index contributed by atoms with van der Waals surface area (Å²) in [6.07, 6.45) is 7.41. The van der Waals surface area contributed by atoms with Crippen LogP contribution in [0.4, 0.5) is 0 Å². The second-order valence-corrected chi connectivity index (χ2v) is 13.9. The molecule has 0 radical (unpaired) electrons. The van der Waals surface area contributed by atoms with E-state index < -0.39 is 0 Å². The number of aromatic hydroxyl groups is 1. The average Bonchev–Trinajstić information content (AvgIpc) is 3.62. The Hall–Kier alpha value is -4.07. The van der Waals surface area contributed by atoms with Crippen molar-refractivity contribution in [3.05, 3.63) is 107 Å². The highest BCUT2D eigenvalue weighted by atomic mass is 16.5. The smallest absolute Gasteiger partial charge is 0.234 e. The first kappa shape index (κ1) is 31.5. The highest BCUT2D eigenvalue weighted by Gasteiger charge is 2.58. The van der Waals surface area contributed by atoms with Gasteiger partial charge in [-0.2, -0.15) is 0 Å². The normalized spacial score (nSPS) is 25.5. The first-order valence-corrected chi connectivity index (χ1v) is 17.3. The van der Waals surface area contributed by atoms with Crippen LogP contribution in [0.15, 0.2) is 90.1 Å². The van der Waals surface area contributed by atoms with Crippen molar-refractivity contribution >= 4 is 23.5 Å². The molecular weight excluding hydrogens is 586 g/mol. The molecule has 0 saturated carbocycles. The van der Waals surface area contributed by atoms with E-state index >= 15 is 0 Å². The topological polar surface area (TPSA) is 83.0 Å². The summed E-state index contributed by atoms with van der Waals surface area (Å²) in [5, 5.41) is 10.5. The molecule has 1 N–H and O–H groups in total. The SMILES string of the molecule is CC(C)C1=C2[C@@H](CC/C(=C/c3ccccc3O)c3ccccn3)OC[C@@H]2[C@@H]2C(=O)N(C3CCN(Cc4ccccc4)CC3)C(=O)[C@@H]2C1. The second-order valence-electron chi connectivity index (χ2n) is 13.9. The van der Waals surface area contributed by atoms with Crippen LogP contribution in [-0.4, -0.2) is 63.5 Å². The number of carbonyl (C=O) groups is 2. The van der Waals surface area contributed by atoms with Crippen LogP contribution >= 0.6 is 0 Å². The van der Waals surface area contributed by atoms with Crippen molar-refractivity contribution in [2.24, 2.45) is 23.7 Å². The van der Waals surface area contributed by atoms with Crippen LogP contribution < -0.4 is 0 Å². The number of ether oxygens (including phenoxy) is 1. The van der Waals surface area contributed by atoms with E-state index in [1.807, 2.05) is 48.5 Å². The van der Waals surface area contributed by atoms with Crippen molar-refractivity contribution in [3.8, 4) is 5.75 Å². The number of piperidine rings is 1. The Morgan fingerprint density at radius 3 is 2.43 bits per heavy atom. The maximum atomic E-state index is 14.2. The molecule has 7 heteroatoms. The molecule has 3 saturated heterocycles. The molecule has 1 aromatic heterocycles. The summed E-state index contributed by atoms with van der Waals surface area (Å²) in [5.74, 6) is -0.131. The lowest BCUT2D eigenvalue weighted by molar-refractivity contribution is -0.144. The number of allylic oxidation sites excluding steroid dienone is 2. The van der Waals surface area contributed by atoms with Gasteiger partial charge in [-0.1, -0.05) is 74.0 Å². The number of nitrogens with zero attached hydrogens (tertiary/aromatic N) is 3. The van der Waals surface area contributed by atoms with E-state index in [0.717, 1.165) is 55.7 Å². The van der Waals surface area contributed by atoms with E-state index in [1.165, 1.54) is 16.7 Å². The van der Waals surface area contributed by atoms with E-state index in [0.29, 0.717) is 19.4 Å². The molecule has 3 fully saturated rings. The van der Waals surface area contributed by atoms with Gasteiger partial charge >= 0.3 is 0 Å². The number of carbonyl (C=O) groups excluding carboxylic acids is 2. The zero-order chi connectivity index (χ0) is 32.5. The molecule has 1 aliphatic carbocycles. The summed E-state index contributed by atoms with van der Waals surface area (Å²) in [4.78, 5) is 37.0. The number of hydrogen-bond acceptors (Lipinski definition) is 6. The van der Waals surface area contributed by atoms with E-state index in [9.17, 15) is 14.7 Å². The summed E-state index contributed by atoms with van der Waals surface area (Å²) in [5.41, 5.74) is 6.49. The van der Waals surface area contributed by atoms with E-state index in [-0.39, 0.29) is 53.4 Å². The fraction of sp³-hybridized carbons (Fsp3) is 0.425. The third-order valence-corrected chi connectivity index (χ3v) is 10.8. The Kier molecular flexibility index (Phi) is 9.11. The van der Waals surface area contributed by atoms with E-state index in [2.05, 4.69) is 48.0 Å². The lowest BCUT2D eigenvalue weighted by Crippen LogP contribution is -2.47. The Morgan fingerprint density at radius 1 is 0.957 bits per heavy atom. The standard InChI is InChI=1S/C40H45N3O4/c1-26(2)31-23-32-38(40(46)43(39(32)45)30-17-20-42(21-18-30)24-27-10-4-3-5-11-27)33-25-47-36(37(31)33)16-15-28(34-13-8-9-19-41-34)22-29-12-6-7-14-35(29)44/h3-14,19,22,26,30,32-33,36,38,44H,15-18,20-21,23-25H2,1-2H3/b28-22-/t32-,33+,36-,38-/m1/s1. The lowest BCUT2D eigenvalue weighted by Gasteiger charge is -2.36. The number of pyridine rings is 1. The molecule has 244 valence electrons. The van der Waals surface area contributed by atoms with Crippen molar-refractivity contribution in [2.45, 2.75) is 64.6 Å². The number of phenols is 1. The van der Waals surface area contributed by atoms with Crippen LogP contribution in [0.2, 0.25) is 0 Å². The molecule has 4 aliphatic rings. The number of rotatable bonds is 9. The Labute approximate surface area is 278 Å². The zero-order valence-electron chi connectivity index (χ0n) is 27.4. The summed E-state index contributed by atoms with van der Waals surface area (Å²) < 4.78 is 6.54. The highest BCUT2D eigenvalue weighted by molar-refractivity contribution is 6.06. The number of fused-ring (bicyclic) bond motifs is 3. The molecule has 4 atom stereocenters. The van der Waals surface area contributed by atoms with Crippen molar-refractivity contribution in [3.63, 3.8) is 0 Å². The monoisotopic (exact) mass is 631 g/mol. The molecule has 4 heterocycles. The molecule has 2 aromatic carbocycles. The van der Waals surface area contributed by atoms with Crippen molar-refractivity contribution < 1.29 is 19.4 Å². The number of likely N-dealkylation sites (tertiary alicyclic amines) is 2. The maximum absolute atomic E-state index is 14.2. The van der Waals surface area contributed by atoms with Gasteiger partial charge in [-0.3, -0.25) is 24.4 Å². The fourth-order valence-electron chi connectivity index (χ4n) is 8.43. The Bertz CT molecular complexity index is 1660. The first-order chi connectivity index (χ1) is 22.9. The van der Waals surface area contributed by atoms with Gasteiger partial charge in [-0.05, 0) is 79.0 Å². The van der Waals surface area contributed by atoms with Gasteiger partial charge in [0.15, 0.2) is 0 Å². The largest absolute Gasteiger partial charge is 0.507 e. The molecule has 7 rings (SSSR count). The molecule has 3 aromatic rings. The molecule has 2 amide bonds. The van der Waals surface area contributed by atoms with Crippen LogP contribution in [0.5, 0.6) is 5.75 Å². The highest BCUT2D eigenvalue weighted by Crippen LogP contribution is 2.52. The van der Waals surface area contributed by atoms with Gasteiger partial charge in [0.2, 0.25) is 11.8 Å². The summed E-state index contributed by atoms with van der Waals surface area (Å²) in [7, 11) is 0. The number of benzene rings is 2.